The van der Waals surface area contributed by atoms with Crippen molar-refractivity contribution in [2.75, 3.05) is 12.4 Å². The SMILES string of the molecule is COc1ccc(O[C@H](C)C(=O)Nc2ccc(C#N)cc2)cc1. The molecule has 2 rings (SSSR count). The van der Waals surface area contributed by atoms with Crippen molar-refractivity contribution < 1.29 is 14.3 Å². The normalized spacial score (nSPS) is 11.1. The monoisotopic (exact) mass is 296 g/mol. The molecule has 1 N–H and O–H groups in total. The number of hydrogen-bond donors (Lipinski definition) is 1. The third-order valence-electron chi connectivity index (χ3n) is 3.02. The van der Waals surface area contributed by atoms with E-state index in [2.05, 4.69) is 5.32 Å². The van der Waals surface area contributed by atoms with E-state index in [1.807, 2.05) is 6.07 Å². The van der Waals surface area contributed by atoms with Gasteiger partial charge < -0.3 is 14.8 Å². The summed E-state index contributed by atoms with van der Waals surface area (Å²) >= 11 is 0. The number of carbonyl (C=O) groups excluding carboxylic acids is 1. The van der Waals surface area contributed by atoms with Crippen LogP contribution in [0.3, 0.4) is 0 Å². The number of nitrogens with one attached hydrogen (secondary N) is 1. The molecule has 0 spiro atoms. The summed E-state index contributed by atoms with van der Waals surface area (Å²) < 4.78 is 10.6. The maximum absolute atomic E-state index is 12.1. The summed E-state index contributed by atoms with van der Waals surface area (Å²) in [5.41, 5.74) is 1.16. The highest BCUT2D eigenvalue weighted by Gasteiger charge is 2.14. The van der Waals surface area contributed by atoms with Crippen LogP contribution in [0.5, 0.6) is 11.5 Å². The molecule has 1 atom stereocenters. The number of amides is 1. The first-order valence-electron chi connectivity index (χ1n) is 6.74. The summed E-state index contributed by atoms with van der Waals surface area (Å²) in [6, 6.07) is 15.7. The first kappa shape index (κ1) is 15.4. The maximum Gasteiger partial charge on any atom is 0.265 e. The Labute approximate surface area is 129 Å². The van der Waals surface area contributed by atoms with E-state index in [0.717, 1.165) is 5.75 Å². The maximum atomic E-state index is 12.1. The third kappa shape index (κ3) is 4.00. The molecule has 0 fully saturated rings. The molecule has 0 saturated carbocycles. The van der Waals surface area contributed by atoms with Gasteiger partial charge in [0.05, 0.1) is 18.7 Å². The molecule has 112 valence electrons. The first-order valence-corrected chi connectivity index (χ1v) is 6.74. The Morgan fingerprint density at radius 2 is 1.68 bits per heavy atom. The Hall–Kier alpha value is -3.00. The highest BCUT2D eigenvalue weighted by Crippen LogP contribution is 2.18. The number of benzene rings is 2. The van der Waals surface area contributed by atoms with Crippen LogP contribution in [0.1, 0.15) is 12.5 Å². The van der Waals surface area contributed by atoms with Crippen LogP contribution in [0.25, 0.3) is 0 Å². The number of carbonyl (C=O) groups is 1. The quantitative estimate of drug-likeness (QED) is 0.920. The predicted molar refractivity (Wildman–Crippen MR) is 82.9 cm³/mol. The third-order valence-corrected chi connectivity index (χ3v) is 3.02. The van der Waals surface area contributed by atoms with E-state index in [0.29, 0.717) is 17.0 Å². The average Bonchev–Trinajstić information content (AvgIpc) is 2.56. The van der Waals surface area contributed by atoms with Crippen LogP contribution in [-0.4, -0.2) is 19.1 Å². The van der Waals surface area contributed by atoms with Crippen LogP contribution in [0.4, 0.5) is 5.69 Å². The lowest BCUT2D eigenvalue weighted by Crippen LogP contribution is -2.30. The number of nitriles is 1. The van der Waals surface area contributed by atoms with Crippen molar-refractivity contribution in [2.45, 2.75) is 13.0 Å². The number of nitrogens with zero attached hydrogens (tertiary/aromatic N) is 1. The molecule has 5 heteroatoms. The van der Waals surface area contributed by atoms with Crippen LogP contribution < -0.4 is 14.8 Å². The van der Waals surface area contributed by atoms with Gasteiger partial charge in [-0.3, -0.25) is 4.79 Å². The van der Waals surface area contributed by atoms with Crippen molar-refractivity contribution in [3.05, 3.63) is 54.1 Å². The van der Waals surface area contributed by atoms with E-state index in [4.69, 9.17) is 14.7 Å². The zero-order valence-electron chi connectivity index (χ0n) is 12.4. The molecule has 0 aliphatic heterocycles. The van der Waals surface area contributed by atoms with Gasteiger partial charge in [-0.1, -0.05) is 0 Å². The van der Waals surface area contributed by atoms with E-state index < -0.39 is 6.10 Å². The molecule has 1 amide bonds. The number of anilines is 1. The standard InChI is InChI=1S/C17H16N2O3/c1-12(22-16-9-7-15(21-2)8-10-16)17(20)19-14-5-3-13(11-18)4-6-14/h3-10,12H,1-2H3,(H,19,20)/t12-/m1/s1. The number of methoxy groups -OCH3 is 1. The Bertz CT molecular complexity index is 673. The van der Waals surface area contributed by atoms with E-state index >= 15 is 0 Å². The van der Waals surface area contributed by atoms with Gasteiger partial charge in [0.1, 0.15) is 11.5 Å². The number of hydrogen-bond acceptors (Lipinski definition) is 4. The second-order valence-electron chi connectivity index (χ2n) is 4.61. The molecule has 0 aliphatic carbocycles. The number of rotatable bonds is 5. The van der Waals surface area contributed by atoms with Gasteiger partial charge in [-0.25, -0.2) is 0 Å². The minimum Gasteiger partial charge on any atom is -0.497 e. The minimum absolute atomic E-state index is 0.263. The van der Waals surface area contributed by atoms with Crippen molar-refractivity contribution in [1.82, 2.24) is 0 Å². The fourth-order valence-corrected chi connectivity index (χ4v) is 1.78. The molecular weight excluding hydrogens is 280 g/mol. The summed E-state index contributed by atoms with van der Waals surface area (Å²) in [6.45, 7) is 1.67. The van der Waals surface area contributed by atoms with Crippen LogP contribution in [0.15, 0.2) is 48.5 Å². The molecule has 0 aliphatic rings. The Kier molecular flexibility index (Phi) is 4.99. The molecule has 5 nitrogen and oxygen atoms in total. The average molecular weight is 296 g/mol. The van der Waals surface area contributed by atoms with Gasteiger partial charge in [-0.05, 0) is 55.5 Å². The highest BCUT2D eigenvalue weighted by molar-refractivity contribution is 5.94. The molecular formula is C17H16N2O3. The lowest BCUT2D eigenvalue weighted by atomic mass is 10.2. The van der Waals surface area contributed by atoms with Gasteiger partial charge in [-0.2, -0.15) is 5.26 Å². The van der Waals surface area contributed by atoms with E-state index in [1.165, 1.54) is 0 Å². The Balaban J connectivity index is 1.94. The zero-order chi connectivity index (χ0) is 15.9. The molecule has 22 heavy (non-hydrogen) atoms. The van der Waals surface area contributed by atoms with Crippen molar-refractivity contribution in [3.63, 3.8) is 0 Å². The van der Waals surface area contributed by atoms with Crippen LogP contribution in [0, 0.1) is 11.3 Å². The summed E-state index contributed by atoms with van der Waals surface area (Å²) in [7, 11) is 1.59. The summed E-state index contributed by atoms with van der Waals surface area (Å²) in [4.78, 5) is 12.1. The summed E-state index contributed by atoms with van der Waals surface area (Å²) in [6.07, 6.45) is -0.649. The second-order valence-corrected chi connectivity index (χ2v) is 4.61. The van der Waals surface area contributed by atoms with Crippen molar-refractivity contribution in [1.29, 1.82) is 5.26 Å². The topological polar surface area (TPSA) is 71.3 Å². The minimum atomic E-state index is -0.649. The molecule has 0 radical (unpaired) electrons. The van der Waals surface area contributed by atoms with Gasteiger partial charge in [0.25, 0.3) is 5.91 Å². The molecule has 0 aromatic heterocycles. The number of ether oxygens (including phenoxy) is 2. The van der Waals surface area contributed by atoms with Gasteiger partial charge in [-0.15, -0.1) is 0 Å². The largest absolute Gasteiger partial charge is 0.497 e. The molecule has 0 saturated heterocycles. The molecule has 2 aromatic rings. The summed E-state index contributed by atoms with van der Waals surface area (Å²) in [5.74, 6) is 1.05. The molecule has 0 bridgehead atoms. The lowest BCUT2D eigenvalue weighted by Gasteiger charge is -2.15. The highest BCUT2D eigenvalue weighted by atomic mass is 16.5. The molecule has 0 unspecified atom stereocenters. The fourth-order valence-electron chi connectivity index (χ4n) is 1.78. The van der Waals surface area contributed by atoms with Gasteiger partial charge in [0.2, 0.25) is 0 Å². The fraction of sp³-hybridized carbons (Fsp3) is 0.176. The lowest BCUT2D eigenvalue weighted by molar-refractivity contribution is -0.122. The van der Waals surface area contributed by atoms with Crippen LogP contribution in [0.2, 0.25) is 0 Å². The van der Waals surface area contributed by atoms with Crippen molar-refractivity contribution >= 4 is 11.6 Å². The smallest absolute Gasteiger partial charge is 0.265 e. The van der Waals surface area contributed by atoms with Crippen LogP contribution in [-0.2, 0) is 4.79 Å². The first-order chi connectivity index (χ1) is 10.6. The molecule has 0 heterocycles. The van der Waals surface area contributed by atoms with Gasteiger partial charge in [0, 0.05) is 5.69 Å². The summed E-state index contributed by atoms with van der Waals surface area (Å²) in [5, 5.41) is 11.5. The Morgan fingerprint density at radius 1 is 1.09 bits per heavy atom. The Morgan fingerprint density at radius 3 is 2.23 bits per heavy atom. The zero-order valence-corrected chi connectivity index (χ0v) is 12.4. The van der Waals surface area contributed by atoms with Crippen molar-refractivity contribution in [2.24, 2.45) is 0 Å². The van der Waals surface area contributed by atoms with E-state index in [9.17, 15) is 4.79 Å². The predicted octanol–water partition coefficient (Wildman–Crippen LogP) is 2.97. The molecule has 2 aromatic carbocycles. The van der Waals surface area contributed by atoms with Gasteiger partial charge >= 0.3 is 0 Å². The second kappa shape index (κ2) is 7.14. The van der Waals surface area contributed by atoms with E-state index in [-0.39, 0.29) is 5.91 Å². The van der Waals surface area contributed by atoms with Crippen LogP contribution >= 0.6 is 0 Å². The van der Waals surface area contributed by atoms with Crippen molar-refractivity contribution in [3.8, 4) is 17.6 Å². The van der Waals surface area contributed by atoms with E-state index in [1.54, 1.807) is 62.6 Å². The van der Waals surface area contributed by atoms with Gasteiger partial charge in [0.15, 0.2) is 6.10 Å².